The van der Waals surface area contributed by atoms with Gasteiger partial charge in [0.05, 0.1) is 16.3 Å². The minimum absolute atomic E-state index is 0.00894. The van der Waals surface area contributed by atoms with Crippen molar-refractivity contribution >= 4 is 39.1 Å². The zero-order valence-electron chi connectivity index (χ0n) is 11.5. The highest BCUT2D eigenvalue weighted by Crippen LogP contribution is 2.32. The van der Waals surface area contributed by atoms with E-state index in [0.717, 1.165) is 5.56 Å². The van der Waals surface area contributed by atoms with Crippen LogP contribution in [-0.4, -0.2) is 21.6 Å². The van der Waals surface area contributed by atoms with E-state index < -0.39 is 0 Å². The number of halogens is 1. The molecule has 0 fully saturated rings. The molecule has 4 N–H and O–H groups in total. The molecule has 0 bridgehead atoms. The van der Waals surface area contributed by atoms with Crippen LogP contribution in [0.4, 0.5) is 0 Å². The minimum atomic E-state index is -0.0147. The Labute approximate surface area is 140 Å². The molecule has 0 aliphatic rings. The molecule has 7 heteroatoms. The Morgan fingerprint density at radius 1 is 1.14 bits per heavy atom. The Hall–Kier alpha value is -1.99. The van der Waals surface area contributed by atoms with Crippen molar-refractivity contribution in [3.63, 3.8) is 0 Å². The van der Waals surface area contributed by atoms with Crippen molar-refractivity contribution in [3.05, 3.63) is 58.1 Å². The molecule has 5 nitrogen and oxygen atoms in total. The summed E-state index contributed by atoms with van der Waals surface area (Å²) < 4.78 is 0.349. The molecule has 0 aromatic heterocycles. The number of hydrogen-bond donors (Lipinski definition) is 3. The largest absolute Gasteiger partial charge is 0.507 e. The summed E-state index contributed by atoms with van der Waals surface area (Å²) in [5, 5.41) is 27.3. The summed E-state index contributed by atoms with van der Waals surface area (Å²) >= 11 is 4.54. The van der Waals surface area contributed by atoms with Gasteiger partial charge in [0, 0.05) is 5.75 Å². The van der Waals surface area contributed by atoms with E-state index in [-0.39, 0.29) is 11.5 Å². The number of phenols is 2. The Morgan fingerprint density at radius 2 is 1.82 bits per heavy atom. The number of benzene rings is 2. The summed E-state index contributed by atoms with van der Waals surface area (Å²) in [5.74, 6) is 0.695. The molecule has 0 unspecified atom stereocenters. The zero-order valence-corrected chi connectivity index (χ0v) is 13.9. The fourth-order valence-corrected chi connectivity index (χ4v) is 2.65. The Morgan fingerprint density at radius 3 is 2.55 bits per heavy atom. The first-order valence-corrected chi connectivity index (χ1v) is 8.09. The van der Waals surface area contributed by atoms with Gasteiger partial charge in [0.15, 0.2) is 5.17 Å². The molecule has 2 rings (SSSR count). The summed E-state index contributed by atoms with van der Waals surface area (Å²) in [4.78, 5) is 0. The second kappa shape index (κ2) is 7.86. The first-order chi connectivity index (χ1) is 10.6. The second-order valence-electron chi connectivity index (χ2n) is 4.29. The van der Waals surface area contributed by atoms with Crippen LogP contribution in [0.25, 0.3) is 0 Å². The number of thioether (sulfide) groups is 1. The van der Waals surface area contributed by atoms with E-state index in [2.05, 4.69) is 26.1 Å². The third-order valence-corrected chi connectivity index (χ3v) is 4.40. The molecule has 0 radical (unpaired) electrons. The average molecular weight is 380 g/mol. The molecule has 0 aliphatic carbocycles. The lowest BCUT2D eigenvalue weighted by molar-refractivity contribution is 0.456. The fourth-order valence-electron chi connectivity index (χ4n) is 1.60. The molecule has 0 saturated carbocycles. The van der Waals surface area contributed by atoms with Gasteiger partial charge >= 0.3 is 0 Å². The first kappa shape index (κ1) is 16.4. The maximum atomic E-state index is 9.72. The number of nitrogens with two attached hydrogens (primary N) is 1. The van der Waals surface area contributed by atoms with E-state index >= 15 is 0 Å². The molecule has 0 heterocycles. The van der Waals surface area contributed by atoms with E-state index in [1.54, 1.807) is 0 Å². The lowest BCUT2D eigenvalue weighted by Crippen LogP contribution is -2.06. The molecule has 114 valence electrons. The van der Waals surface area contributed by atoms with E-state index in [9.17, 15) is 10.2 Å². The van der Waals surface area contributed by atoms with E-state index in [4.69, 9.17) is 5.73 Å². The summed E-state index contributed by atoms with van der Waals surface area (Å²) in [5.41, 5.74) is 7.25. The third kappa shape index (κ3) is 4.51. The highest BCUT2D eigenvalue weighted by Gasteiger charge is 2.08. The van der Waals surface area contributed by atoms with E-state index in [1.165, 1.54) is 30.1 Å². The molecule has 0 saturated heterocycles. The van der Waals surface area contributed by atoms with Gasteiger partial charge < -0.3 is 15.9 Å². The Bertz CT molecular complexity index is 705. The van der Waals surface area contributed by atoms with Crippen LogP contribution in [0.1, 0.15) is 11.1 Å². The molecule has 2 aromatic rings. The van der Waals surface area contributed by atoms with Gasteiger partial charge in [0.25, 0.3) is 0 Å². The van der Waals surface area contributed by atoms with Crippen LogP contribution in [0.2, 0.25) is 0 Å². The van der Waals surface area contributed by atoms with Crippen LogP contribution >= 0.6 is 27.7 Å². The van der Waals surface area contributed by atoms with Crippen molar-refractivity contribution in [3.8, 4) is 11.5 Å². The van der Waals surface area contributed by atoms with Crippen LogP contribution in [0.5, 0.6) is 11.5 Å². The molecule has 22 heavy (non-hydrogen) atoms. The quantitative estimate of drug-likeness (QED) is 0.328. The fraction of sp³-hybridized carbons (Fsp3) is 0.0667. The van der Waals surface area contributed by atoms with E-state index in [1.807, 2.05) is 30.3 Å². The topological polar surface area (TPSA) is 91.2 Å². The van der Waals surface area contributed by atoms with Crippen LogP contribution in [0, 0.1) is 0 Å². The van der Waals surface area contributed by atoms with Crippen LogP contribution in [-0.2, 0) is 5.75 Å². The first-order valence-electron chi connectivity index (χ1n) is 6.31. The van der Waals surface area contributed by atoms with Gasteiger partial charge in [-0.1, -0.05) is 42.1 Å². The summed E-state index contributed by atoms with van der Waals surface area (Å²) in [6.07, 6.45) is 1.33. The lowest BCUT2D eigenvalue weighted by atomic mass is 10.2. The maximum Gasteiger partial charge on any atom is 0.180 e. The molecular formula is C15H14BrN3O2S. The lowest BCUT2D eigenvalue weighted by Gasteiger charge is -2.03. The van der Waals surface area contributed by atoms with Crippen molar-refractivity contribution in [2.24, 2.45) is 15.9 Å². The second-order valence-corrected chi connectivity index (χ2v) is 6.08. The summed E-state index contributed by atoms with van der Waals surface area (Å²) in [6, 6.07) is 12.6. The van der Waals surface area contributed by atoms with Crippen molar-refractivity contribution in [2.75, 3.05) is 0 Å². The molecule has 2 aromatic carbocycles. The van der Waals surface area contributed by atoms with E-state index in [0.29, 0.717) is 21.0 Å². The normalized spacial score (nSPS) is 12.0. The average Bonchev–Trinajstić information content (AvgIpc) is 2.53. The maximum absolute atomic E-state index is 9.72. The minimum Gasteiger partial charge on any atom is -0.507 e. The van der Waals surface area contributed by atoms with Gasteiger partial charge in [0.2, 0.25) is 0 Å². The highest BCUT2D eigenvalue weighted by atomic mass is 79.9. The SMILES string of the molecule is NC(=NN=Cc1c(O)ccc(O)c1Br)SCc1ccccc1. The van der Waals surface area contributed by atoms with Gasteiger partial charge in [-0.3, -0.25) is 0 Å². The molecule has 0 aliphatic heterocycles. The number of hydrogen-bond acceptors (Lipinski definition) is 5. The van der Waals surface area contributed by atoms with Crippen molar-refractivity contribution in [1.82, 2.24) is 0 Å². The van der Waals surface area contributed by atoms with Crippen LogP contribution in [0.15, 0.2) is 57.1 Å². The highest BCUT2D eigenvalue weighted by molar-refractivity contribution is 9.10. The molecule has 0 atom stereocenters. The van der Waals surface area contributed by atoms with Gasteiger partial charge in [-0.15, -0.1) is 5.10 Å². The predicted octanol–water partition coefficient (Wildman–Crippen LogP) is 3.44. The monoisotopic (exact) mass is 379 g/mol. The molecule has 0 spiro atoms. The summed E-state index contributed by atoms with van der Waals surface area (Å²) in [7, 11) is 0. The number of phenolic OH excluding ortho intramolecular Hbond substituents is 2. The number of rotatable bonds is 4. The number of nitrogens with zero attached hydrogens (tertiary/aromatic N) is 2. The number of aromatic hydroxyl groups is 2. The smallest absolute Gasteiger partial charge is 0.180 e. The van der Waals surface area contributed by atoms with Crippen molar-refractivity contribution in [1.29, 1.82) is 0 Å². The number of amidine groups is 1. The van der Waals surface area contributed by atoms with Gasteiger partial charge in [0.1, 0.15) is 11.5 Å². The van der Waals surface area contributed by atoms with Gasteiger partial charge in [-0.05, 0) is 33.6 Å². The zero-order chi connectivity index (χ0) is 15.9. The van der Waals surface area contributed by atoms with Gasteiger partial charge in [-0.25, -0.2) is 0 Å². The Balaban J connectivity index is 2.00. The third-order valence-electron chi connectivity index (χ3n) is 2.71. The summed E-state index contributed by atoms with van der Waals surface area (Å²) in [6.45, 7) is 0. The van der Waals surface area contributed by atoms with Crippen molar-refractivity contribution in [2.45, 2.75) is 5.75 Å². The molecule has 0 amide bonds. The van der Waals surface area contributed by atoms with Crippen LogP contribution in [0.3, 0.4) is 0 Å². The van der Waals surface area contributed by atoms with Crippen LogP contribution < -0.4 is 5.73 Å². The standard InChI is InChI=1S/C15H14BrN3O2S/c16-14-11(12(20)6-7-13(14)21)8-18-19-15(17)22-9-10-4-2-1-3-5-10/h1-8,20-21H,9H2,(H2,17,19). The molecular weight excluding hydrogens is 366 g/mol. The van der Waals surface area contributed by atoms with Crippen molar-refractivity contribution < 1.29 is 10.2 Å². The Kier molecular flexibility index (Phi) is 5.85. The van der Waals surface area contributed by atoms with Gasteiger partial charge in [-0.2, -0.15) is 5.10 Å². The predicted molar refractivity (Wildman–Crippen MR) is 94.4 cm³/mol.